The zero-order valence-corrected chi connectivity index (χ0v) is 18.0. The standard InChI is InChI=1S/C24H36N2O3/c1-15-12-17-18-6-7-21(27)22(18,2)9-8-19(17)23(3)20(25-29)13-16(14-24(15,23)28)26-10-4-5-11-26/h16-19,28-29H,1,4-14H2,2-3H3/b25-20-/t16?,17-,18-,19+,22-,23-,24?/m0/s1. The van der Waals surface area contributed by atoms with E-state index in [1.54, 1.807) is 0 Å². The molecular weight excluding hydrogens is 364 g/mol. The minimum absolute atomic E-state index is 0.212. The second-order valence-electron chi connectivity index (χ2n) is 11.0. The number of ketones is 1. The van der Waals surface area contributed by atoms with Gasteiger partial charge in [-0.25, -0.2) is 0 Å². The number of likely N-dealkylation sites (tertiary alicyclic amines) is 1. The summed E-state index contributed by atoms with van der Waals surface area (Å²) in [6.07, 6.45) is 8.09. The average molecular weight is 401 g/mol. The maximum absolute atomic E-state index is 12.7. The molecule has 1 saturated heterocycles. The molecule has 5 rings (SSSR count). The van der Waals surface area contributed by atoms with Crippen molar-refractivity contribution in [1.29, 1.82) is 0 Å². The van der Waals surface area contributed by atoms with Gasteiger partial charge in [-0.05, 0) is 81.4 Å². The van der Waals surface area contributed by atoms with Gasteiger partial charge in [0.2, 0.25) is 0 Å². The highest BCUT2D eigenvalue weighted by atomic mass is 16.4. The summed E-state index contributed by atoms with van der Waals surface area (Å²) in [5.74, 6) is 1.37. The summed E-state index contributed by atoms with van der Waals surface area (Å²) in [6, 6.07) is 0.219. The normalized spacial score (nSPS) is 51.8. The smallest absolute Gasteiger partial charge is 0.139 e. The van der Waals surface area contributed by atoms with Crippen molar-refractivity contribution in [3.05, 3.63) is 12.2 Å². The molecule has 5 heteroatoms. The van der Waals surface area contributed by atoms with Crippen LogP contribution < -0.4 is 0 Å². The van der Waals surface area contributed by atoms with E-state index in [0.29, 0.717) is 30.5 Å². The molecule has 5 aliphatic rings. The summed E-state index contributed by atoms with van der Waals surface area (Å²) in [6.45, 7) is 10.8. The summed E-state index contributed by atoms with van der Waals surface area (Å²) < 4.78 is 0. The molecule has 2 unspecified atom stereocenters. The van der Waals surface area contributed by atoms with E-state index in [-0.39, 0.29) is 17.4 Å². The minimum Gasteiger partial charge on any atom is -0.411 e. The van der Waals surface area contributed by atoms with Crippen LogP contribution in [0.25, 0.3) is 0 Å². The van der Waals surface area contributed by atoms with Gasteiger partial charge in [-0.1, -0.05) is 25.6 Å². The van der Waals surface area contributed by atoms with E-state index in [1.807, 2.05) is 0 Å². The molecule has 160 valence electrons. The van der Waals surface area contributed by atoms with E-state index in [1.165, 1.54) is 12.8 Å². The lowest BCUT2D eigenvalue weighted by atomic mass is 9.42. The molecule has 0 aromatic rings. The molecular formula is C24H36N2O3. The van der Waals surface area contributed by atoms with E-state index >= 15 is 0 Å². The fourth-order valence-corrected chi connectivity index (χ4v) is 8.35. The predicted molar refractivity (Wildman–Crippen MR) is 112 cm³/mol. The largest absolute Gasteiger partial charge is 0.411 e. The lowest BCUT2D eigenvalue weighted by molar-refractivity contribution is -0.147. The maximum atomic E-state index is 12.7. The number of oxime groups is 1. The van der Waals surface area contributed by atoms with Crippen LogP contribution in [0.2, 0.25) is 0 Å². The Labute approximate surface area is 174 Å². The first-order chi connectivity index (χ1) is 13.8. The first kappa shape index (κ1) is 19.7. The van der Waals surface area contributed by atoms with Gasteiger partial charge in [-0.15, -0.1) is 0 Å². The molecule has 0 radical (unpaired) electrons. The Morgan fingerprint density at radius 2 is 1.86 bits per heavy atom. The molecule has 4 aliphatic carbocycles. The molecule has 5 fully saturated rings. The molecule has 29 heavy (non-hydrogen) atoms. The Balaban J connectivity index is 1.54. The van der Waals surface area contributed by atoms with Crippen molar-refractivity contribution < 1.29 is 15.1 Å². The molecule has 7 atom stereocenters. The first-order valence-corrected chi connectivity index (χ1v) is 11.6. The molecule has 0 bridgehead atoms. The van der Waals surface area contributed by atoms with Gasteiger partial charge in [0, 0.05) is 29.7 Å². The van der Waals surface area contributed by atoms with Crippen molar-refractivity contribution in [3.63, 3.8) is 0 Å². The number of hydrogen-bond acceptors (Lipinski definition) is 5. The summed E-state index contributed by atoms with van der Waals surface area (Å²) >= 11 is 0. The summed E-state index contributed by atoms with van der Waals surface area (Å²) in [7, 11) is 0. The topological polar surface area (TPSA) is 73.1 Å². The second-order valence-corrected chi connectivity index (χ2v) is 11.0. The van der Waals surface area contributed by atoms with Crippen LogP contribution in [0.4, 0.5) is 0 Å². The van der Waals surface area contributed by atoms with Crippen LogP contribution in [-0.4, -0.2) is 51.4 Å². The summed E-state index contributed by atoms with van der Waals surface area (Å²) in [4.78, 5) is 15.1. The van der Waals surface area contributed by atoms with Crippen LogP contribution in [0.3, 0.4) is 0 Å². The molecule has 2 N–H and O–H groups in total. The Morgan fingerprint density at radius 3 is 2.55 bits per heavy atom. The highest BCUT2D eigenvalue weighted by Crippen LogP contribution is 2.67. The fourth-order valence-electron chi connectivity index (χ4n) is 8.35. The molecule has 4 saturated carbocycles. The number of rotatable bonds is 1. The summed E-state index contributed by atoms with van der Waals surface area (Å²) in [5, 5.41) is 26.1. The van der Waals surface area contributed by atoms with E-state index in [9.17, 15) is 15.1 Å². The van der Waals surface area contributed by atoms with Crippen molar-refractivity contribution in [2.45, 2.75) is 83.3 Å². The average Bonchev–Trinajstić information content (AvgIpc) is 3.32. The molecule has 1 heterocycles. The predicted octanol–water partition coefficient (Wildman–Crippen LogP) is 3.78. The zero-order chi connectivity index (χ0) is 20.6. The first-order valence-electron chi connectivity index (χ1n) is 11.6. The van der Waals surface area contributed by atoms with Gasteiger partial charge in [-0.3, -0.25) is 9.69 Å². The van der Waals surface area contributed by atoms with Crippen molar-refractivity contribution >= 4 is 11.5 Å². The third kappa shape index (κ3) is 2.40. The third-order valence-electron chi connectivity index (χ3n) is 10.2. The Kier molecular flexibility index (Phi) is 4.36. The van der Waals surface area contributed by atoms with Crippen LogP contribution >= 0.6 is 0 Å². The Bertz CT molecular complexity index is 772. The number of fused-ring (bicyclic) bond motifs is 5. The quantitative estimate of drug-likeness (QED) is 0.399. The van der Waals surface area contributed by atoms with Gasteiger partial charge in [0.25, 0.3) is 0 Å². The molecule has 0 spiro atoms. The SMILES string of the molecule is C=C1C[C@@H]2[C@@H](CC[C@]3(C)C(=O)CC[C@@H]23)[C@@]2(C)/C(=N\O)CC(N3CCCC3)CC12O. The van der Waals surface area contributed by atoms with Crippen LogP contribution in [0.1, 0.15) is 71.6 Å². The third-order valence-corrected chi connectivity index (χ3v) is 10.2. The number of aliphatic hydroxyl groups is 1. The Hall–Kier alpha value is -1.20. The lowest BCUT2D eigenvalue weighted by Crippen LogP contribution is -2.68. The van der Waals surface area contributed by atoms with Crippen molar-refractivity contribution in [2.75, 3.05) is 13.1 Å². The zero-order valence-electron chi connectivity index (χ0n) is 18.0. The minimum atomic E-state index is -1.03. The van der Waals surface area contributed by atoms with Gasteiger partial charge < -0.3 is 10.3 Å². The number of carbonyl (C=O) groups is 1. The monoisotopic (exact) mass is 400 g/mol. The number of nitrogens with zero attached hydrogens (tertiary/aromatic N) is 2. The van der Waals surface area contributed by atoms with E-state index in [4.69, 9.17) is 0 Å². The number of Topliss-reactive ketones (excluding diaryl/α,β-unsaturated/α-hetero) is 1. The van der Waals surface area contributed by atoms with E-state index in [0.717, 1.165) is 56.5 Å². The number of carbonyl (C=O) groups excluding carboxylic acids is 1. The van der Waals surface area contributed by atoms with E-state index < -0.39 is 11.0 Å². The van der Waals surface area contributed by atoms with Crippen LogP contribution in [0.5, 0.6) is 0 Å². The van der Waals surface area contributed by atoms with Crippen molar-refractivity contribution in [3.8, 4) is 0 Å². The maximum Gasteiger partial charge on any atom is 0.139 e. The molecule has 0 amide bonds. The fraction of sp³-hybridized carbons (Fsp3) is 0.833. The highest BCUT2D eigenvalue weighted by molar-refractivity contribution is 5.94. The van der Waals surface area contributed by atoms with Gasteiger partial charge >= 0.3 is 0 Å². The number of hydrogen-bond donors (Lipinski definition) is 2. The molecule has 0 aromatic heterocycles. The highest BCUT2D eigenvalue weighted by Gasteiger charge is 2.68. The van der Waals surface area contributed by atoms with Crippen LogP contribution in [0, 0.1) is 28.6 Å². The second kappa shape index (κ2) is 6.40. The van der Waals surface area contributed by atoms with Gasteiger partial charge in [0.05, 0.1) is 11.3 Å². The van der Waals surface area contributed by atoms with Gasteiger partial charge in [0.1, 0.15) is 5.78 Å². The van der Waals surface area contributed by atoms with Gasteiger partial charge in [-0.2, -0.15) is 0 Å². The molecule has 1 aliphatic heterocycles. The molecule has 5 nitrogen and oxygen atoms in total. The summed E-state index contributed by atoms with van der Waals surface area (Å²) in [5.41, 5.74) is -0.180. The molecule has 0 aromatic carbocycles. The van der Waals surface area contributed by atoms with Gasteiger partial charge in [0.15, 0.2) is 0 Å². The van der Waals surface area contributed by atoms with Crippen molar-refractivity contribution in [2.24, 2.45) is 33.7 Å². The van der Waals surface area contributed by atoms with Crippen LogP contribution in [-0.2, 0) is 4.79 Å². The van der Waals surface area contributed by atoms with Crippen LogP contribution in [0.15, 0.2) is 17.3 Å². The van der Waals surface area contributed by atoms with Crippen molar-refractivity contribution in [1.82, 2.24) is 4.90 Å². The van der Waals surface area contributed by atoms with E-state index in [2.05, 4.69) is 30.5 Å². The lowest BCUT2D eigenvalue weighted by Gasteiger charge is -2.64. The Morgan fingerprint density at radius 1 is 1.14 bits per heavy atom.